The number of ether oxygens (including phenoxy) is 4. The molecule has 2 rings (SSSR count). The molecule has 0 atom stereocenters. The van der Waals surface area contributed by atoms with Crippen molar-refractivity contribution in [3.63, 3.8) is 0 Å². The van der Waals surface area contributed by atoms with Gasteiger partial charge in [0.15, 0.2) is 17.3 Å². The van der Waals surface area contributed by atoms with Crippen LogP contribution in [0.2, 0.25) is 0 Å². The lowest BCUT2D eigenvalue weighted by atomic mass is 10.1. The molecule has 0 saturated carbocycles. The number of carbonyl (C=O) groups excluding carboxylic acids is 2. The molecule has 0 heterocycles. The van der Waals surface area contributed by atoms with Crippen LogP contribution >= 0.6 is 0 Å². The Morgan fingerprint density at radius 2 is 1.58 bits per heavy atom. The molecule has 0 fully saturated rings. The monoisotopic (exact) mass is 356 g/mol. The van der Waals surface area contributed by atoms with Crippen LogP contribution in [0, 0.1) is 0 Å². The van der Waals surface area contributed by atoms with Gasteiger partial charge in [0.2, 0.25) is 0 Å². The number of hydrogen-bond acceptors (Lipinski definition) is 6. The number of Topliss-reactive ketones (excluding diaryl/α,β-unsaturated/α-hetero) is 1. The zero-order valence-corrected chi connectivity index (χ0v) is 15.1. The Kier molecular flexibility index (Phi) is 6.38. The van der Waals surface area contributed by atoms with Gasteiger partial charge in [-0.1, -0.05) is 6.07 Å². The quantitative estimate of drug-likeness (QED) is 0.327. The highest BCUT2D eigenvalue weighted by Crippen LogP contribution is 2.28. The van der Waals surface area contributed by atoms with Crippen molar-refractivity contribution >= 4 is 17.8 Å². The van der Waals surface area contributed by atoms with Crippen LogP contribution in [0.15, 0.2) is 42.5 Å². The zero-order valence-electron chi connectivity index (χ0n) is 15.1. The van der Waals surface area contributed by atoms with E-state index in [-0.39, 0.29) is 11.5 Å². The SMILES string of the molecule is COc1ccc(C(C)=O)c(OC(=O)/C=C/c2ccc(OC)c(OC)c2)c1. The van der Waals surface area contributed by atoms with E-state index in [2.05, 4.69) is 0 Å². The molecule has 0 bridgehead atoms. The second-order valence-corrected chi connectivity index (χ2v) is 5.29. The van der Waals surface area contributed by atoms with Gasteiger partial charge in [-0.25, -0.2) is 4.79 Å². The minimum absolute atomic E-state index is 0.152. The molecule has 0 aromatic heterocycles. The molecule has 26 heavy (non-hydrogen) atoms. The average Bonchev–Trinajstić information content (AvgIpc) is 2.65. The van der Waals surface area contributed by atoms with E-state index >= 15 is 0 Å². The lowest BCUT2D eigenvalue weighted by Gasteiger charge is -2.09. The van der Waals surface area contributed by atoms with Crippen LogP contribution in [0.4, 0.5) is 0 Å². The second kappa shape index (κ2) is 8.71. The summed E-state index contributed by atoms with van der Waals surface area (Å²) in [6.45, 7) is 1.40. The molecule has 0 saturated heterocycles. The van der Waals surface area contributed by atoms with Crippen LogP contribution in [0.3, 0.4) is 0 Å². The summed E-state index contributed by atoms with van der Waals surface area (Å²) in [7, 11) is 4.57. The van der Waals surface area contributed by atoms with Gasteiger partial charge in [-0.3, -0.25) is 4.79 Å². The predicted octanol–water partition coefficient (Wildman–Crippen LogP) is 3.53. The minimum Gasteiger partial charge on any atom is -0.497 e. The first kappa shape index (κ1) is 19.1. The summed E-state index contributed by atoms with van der Waals surface area (Å²) >= 11 is 0. The maximum absolute atomic E-state index is 12.1. The van der Waals surface area contributed by atoms with E-state index in [4.69, 9.17) is 18.9 Å². The summed E-state index contributed by atoms with van der Waals surface area (Å²) in [5.74, 6) is 0.958. The molecule has 0 aliphatic carbocycles. The minimum atomic E-state index is -0.615. The van der Waals surface area contributed by atoms with Crippen molar-refractivity contribution in [3.8, 4) is 23.0 Å². The van der Waals surface area contributed by atoms with Crippen molar-refractivity contribution in [2.75, 3.05) is 21.3 Å². The molecule has 136 valence electrons. The molecule has 6 heteroatoms. The van der Waals surface area contributed by atoms with Gasteiger partial charge in [0.05, 0.1) is 26.9 Å². The van der Waals surface area contributed by atoms with Crippen molar-refractivity contribution in [2.24, 2.45) is 0 Å². The molecule has 2 aromatic rings. The summed E-state index contributed by atoms with van der Waals surface area (Å²) in [6.07, 6.45) is 2.85. The van der Waals surface area contributed by atoms with Crippen molar-refractivity contribution in [1.29, 1.82) is 0 Å². The number of methoxy groups -OCH3 is 3. The number of ketones is 1. The van der Waals surface area contributed by atoms with Gasteiger partial charge in [0.1, 0.15) is 11.5 Å². The average molecular weight is 356 g/mol. The first-order chi connectivity index (χ1) is 12.5. The van der Waals surface area contributed by atoms with Gasteiger partial charge < -0.3 is 18.9 Å². The summed E-state index contributed by atoms with van der Waals surface area (Å²) in [6, 6.07) is 9.93. The van der Waals surface area contributed by atoms with Gasteiger partial charge in [0, 0.05) is 12.1 Å². The lowest BCUT2D eigenvalue weighted by molar-refractivity contribution is -0.128. The molecule has 6 nitrogen and oxygen atoms in total. The molecular formula is C20H20O6. The van der Waals surface area contributed by atoms with Crippen LogP contribution in [0.25, 0.3) is 6.08 Å². The predicted molar refractivity (Wildman–Crippen MR) is 97.2 cm³/mol. The number of hydrogen-bond donors (Lipinski definition) is 0. The van der Waals surface area contributed by atoms with Crippen molar-refractivity contribution < 1.29 is 28.5 Å². The van der Waals surface area contributed by atoms with E-state index in [1.54, 1.807) is 43.5 Å². The first-order valence-corrected chi connectivity index (χ1v) is 7.79. The fourth-order valence-electron chi connectivity index (χ4n) is 2.27. The molecule has 0 radical (unpaired) electrons. The van der Waals surface area contributed by atoms with Crippen LogP contribution in [0.5, 0.6) is 23.0 Å². The van der Waals surface area contributed by atoms with E-state index in [0.717, 1.165) is 5.56 Å². The Hall–Kier alpha value is -3.28. The summed E-state index contributed by atoms with van der Waals surface area (Å²) in [4.78, 5) is 23.8. The fourth-order valence-corrected chi connectivity index (χ4v) is 2.27. The normalized spacial score (nSPS) is 10.5. The van der Waals surface area contributed by atoms with Crippen LogP contribution < -0.4 is 18.9 Å². The maximum atomic E-state index is 12.1. The molecule has 0 amide bonds. The van der Waals surface area contributed by atoms with E-state index in [9.17, 15) is 9.59 Å². The van der Waals surface area contributed by atoms with E-state index in [1.165, 1.54) is 33.3 Å². The molecule has 0 spiro atoms. The van der Waals surface area contributed by atoms with Crippen molar-refractivity contribution in [1.82, 2.24) is 0 Å². The maximum Gasteiger partial charge on any atom is 0.336 e. The molecular weight excluding hydrogens is 336 g/mol. The first-order valence-electron chi connectivity index (χ1n) is 7.79. The Morgan fingerprint density at radius 3 is 2.19 bits per heavy atom. The van der Waals surface area contributed by atoms with Crippen LogP contribution in [-0.4, -0.2) is 33.1 Å². The largest absolute Gasteiger partial charge is 0.497 e. The lowest BCUT2D eigenvalue weighted by Crippen LogP contribution is -2.07. The number of benzene rings is 2. The van der Waals surface area contributed by atoms with E-state index in [1.807, 2.05) is 0 Å². The Labute approximate surface area is 151 Å². The molecule has 0 unspecified atom stereocenters. The van der Waals surface area contributed by atoms with Gasteiger partial charge in [-0.05, 0) is 42.8 Å². The molecule has 0 aliphatic rings. The Bertz CT molecular complexity index is 838. The molecule has 0 aliphatic heterocycles. The van der Waals surface area contributed by atoms with Crippen LogP contribution in [-0.2, 0) is 4.79 Å². The number of esters is 1. The van der Waals surface area contributed by atoms with E-state index < -0.39 is 5.97 Å². The van der Waals surface area contributed by atoms with Crippen molar-refractivity contribution in [3.05, 3.63) is 53.6 Å². The standard InChI is InChI=1S/C20H20O6/c1-13(21)16-8-7-15(23-2)12-18(16)26-20(22)10-6-14-5-9-17(24-3)19(11-14)25-4/h5-12H,1-4H3/b10-6+. The number of rotatable bonds is 7. The van der Waals surface area contributed by atoms with E-state index in [0.29, 0.717) is 22.8 Å². The number of carbonyl (C=O) groups is 2. The Morgan fingerprint density at radius 1 is 0.846 bits per heavy atom. The molecule has 2 aromatic carbocycles. The topological polar surface area (TPSA) is 71.1 Å². The van der Waals surface area contributed by atoms with Crippen molar-refractivity contribution in [2.45, 2.75) is 6.92 Å². The summed E-state index contributed by atoms with van der Waals surface area (Å²) in [5.41, 5.74) is 1.04. The van der Waals surface area contributed by atoms with Gasteiger partial charge >= 0.3 is 5.97 Å². The molecule has 0 N–H and O–H groups in total. The third-order valence-corrected chi connectivity index (χ3v) is 3.60. The van der Waals surface area contributed by atoms with Gasteiger partial charge in [-0.2, -0.15) is 0 Å². The Balaban J connectivity index is 2.18. The highest BCUT2D eigenvalue weighted by Gasteiger charge is 2.12. The summed E-state index contributed by atoms with van der Waals surface area (Å²) in [5, 5.41) is 0. The highest BCUT2D eigenvalue weighted by atomic mass is 16.5. The zero-order chi connectivity index (χ0) is 19.1. The van der Waals surface area contributed by atoms with Gasteiger partial charge in [-0.15, -0.1) is 0 Å². The van der Waals surface area contributed by atoms with Gasteiger partial charge in [0.25, 0.3) is 0 Å². The van der Waals surface area contributed by atoms with Crippen LogP contribution in [0.1, 0.15) is 22.8 Å². The fraction of sp³-hybridized carbons (Fsp3) is 0.200. The smallest absolute Gasteiger partial charge is 0.336 e. The highest BCUT2D eigenvalue weighted by molar-refractivity contribution is 5.98. The third-order valence-electron chi connectivity index (χ3n) is 3.60. The third kappa shape index (κ3) is 4.63. The summed E-state index contributed by atoms with van der Waals surface area (Å²) < 4.78 is 20.8. The second-order valence-electron chi connectivity index (χ2n) is 5.29.